The van der Waals surface area contributed by atoms with Gasteiger partial charge in [0, 0.05) is 24.0 Å². The Morgan fingerprint density at radius 1 is 1.26 bits per heavy atom. The number of rotatable bonds is 3. The van der Waals surface area contributed by atoms with Gasteiger partial charge in [-0.05, 0) is 43.3 Å². The lowest BCUT2D eigenvalue weighted by Gasteiger charge is -2.10. The fourth-order valence-corrected chi connectivity index (χ4v) is 2.20. The summed E-state index contributed by atoms with van der Waals surface area (Å²) < 4.78 is 42.2. The maximum Gasteiger partial charge on any atom is 0.212 e. The predicted molar refractivity (Wildman–Crippen MR) is 81.1 cm³/mol. The number of nitrogens with zero attached hydrogens (tertiary/aromatic N) is 1. The largest absolute Gasteiger partial charge is 0.212 e. The molecule has 0 atom stereocenters. The average Bonchev–Trinajstić information content (AvgIpc) is 2.46. The summed E-state index contributed by atoms with van der Waals surface area (Å²) in [6.07, 6.45) is -0.0881. The van der Waals surface area contributed by atoms with Crippen LogP contribution in [0.1, 0.15) is 37.4 Å². The summed E-state index contributed by atoms with van der Waals surface area (Å²) in [5, 5.41) is 0. The molecular formula is C18H24N+. The van der Waals surface area contributed by atoms with Crippen molar-refractivity contribution in [3.05, 3.63) is 53.2 Å². The van der Waals surface area contributed by atoms with Crippen molar-refractivity contribution in [2.24, 2.45) is 13.0 Å². The molecule has 1 heterocycles. The number of hydrogen-bond acceptors (Lipinski definition) is 0. The Hall–Kier alpha value is -1.63. The van der Waals surface area contributed by atoms with E-state index in [4.69, 9.17) is 6.85 Å². The van der Waals surface area contributed by atoms with Gasteiger partial charge >= 0.3 is 0 Å². The van der Waals surface area contributed by atoms with Gasteiger partial charge in [0.1, 0.15) is 7.05 Å². The minimum Gasteiger partial charge on any atom is -0.201 e. The fraction of sp³-hybridized carbons (Fsp3) is 0.389. The lowest BCUT2D eigenvalue weighted by molar-refractivity contribution is -0.660. The Morgan fingerprint density at radius 2 is 2.00 bits per heavy atom. The van der Waals surface area contributed by atoms with E-state index in [1.165, 1.54) is 0 Å². The van der Waals surface area contributed by atoms with Gasteiger partial charge in [0.15, 0.2) is 6.20 Å². The zero-order chi connectivity index (χ0) is 18.3. The first kappa shape index (κ1) is 8.52. The molecule has 2 rings (SSSR count). The zero-order valence-electron chi connectivity index (χ0n) is 17.0. The number of aromatic nitrogens is 1. The smallest absolute Gasteiger partial charge is 0.201 e. The Morgan fingerprint density at radius 3 is 2.63 bits per heavy atom. The third-order valence-electron chi connectivity index (χ3n) is 3.14. The van der Waals surface area contributed by atoms with E-state index in [2.05, 4.69) is 0 Å². The normalized spacial score (nSPS) is 16.4. The van der Waals surface area contributed by atoms with Crippen LogP contribution < -0.4 is 4.57 Å². The van der Waals surface area contributed by atoms with Crippen LogP contribution in [0.2, 0.25) is 0 Å². The first-order valence-corrected chi connectivity index (χ1v) is 6.57. The summed E-state index contributed by atoms with van der Waals surface area (Å²) in [5.74, 6) is -0.331. The Bertz CT molecular complexity index is 748. The second-order valence-corrected chi connectivity index (χ2v) is 5.21. The molecule has 0 N–H and O–H groups in total. The molecule has 0 amide bonds. The molecular weight excluding hydrogens is 230 g/mol. The molecule has 1 heteroatoms. The van der Waals surface area contributed by atoms with Gasteiger partial charge in [-0.2, -0.15) is 0 Å². The number of pyridine rings is 1. The quantitative estimate of drug-likeness (QED) is 0.734. The highest BCUT2D eigenvalue weighted by atomic mass is 14.9. The van der Waals surface area contributed by atoms with Gasteiger partial charge in [0.2, 0.25) is 5.69 Å². The van der Waals surface area contributed by atoms with E-state index >= 15 is 0 Å². The van der Waals surface area contributed by atoms with Crippen molar-refractivity contribution in [1.29, 1.82) is 0 Å². The summed E-state index contributed by atoms with van der Waals surface area (Å²) in [6, 6.07) is 9.40. The molecule has 19 heavy (non-hydrogen) atoms. The Kier molecular flexibility index (Phi) is 2.49. The van der Waals surface area contributed by atoms with Crippen LogP contribution in [0.15, 0.2) is 36.5 Å². The zero-order valence-corrected chi connectivity index (χ0v) is 12.0. The van der Waals surface area contributed by atoms with Crippen molar-refractivity contribution >= 4 is 0 Å². The molecule has 0 aliphatic carbocycles. The summed E-state index contributed by atoms with van der Waals surface area (Å²) in [5.41, 5.74) is 3.07. The first-order chi connectivity index (χ1) is 11.0. The van der Waals surface area contributed by atoms with E-state index in [1.54, 1.807) is 26.1 Å². The van der Waals surface area contributed by atoms with Crippen LogP contribution in [-0.2, 0) is 13.4 Å². The van der Waals surface area contributed by atoms with E-state index in [0.29, 0.717) is 0 Å². The van der Waals surface area contributed by atoms with Gasteiger partial charge in [-0.1, -0.05) is 32.0 Å². The lowest BCUT2D eigenvalue weighted by Crippen LogP contribution is -2.32. The van der Waals surface area contributed by atoms with Crippen LogP contribution in [0.5, 0.6) is 0 Å². The molecule has 0 aliphatic heterocycles. The van der Waals surface area contributed by atoms with Crippen LogP contribution in [0, 0.1) is 19.7 Å². The highest BCUT2D eigenvalue weighted by molar-refractivity contribution is 5.61. The van der Waals surface area contributed by atoms with E-state index in [0.717, 1.165) is 16.8 Å². The predicted octanol–water partition coefficient (Wildman–Crippen LogP) is 3.99. The molecule has 0 saturated heterocycles. The van der Waals surface area contributed by atoms with Crippen LogP contribution in [0.3, 0.4) is 0 Å². The molecule has 0 saturated carbocycles. The molecule has 0 aliphatic rings. The van der Waals surface area contributed by atoms with Gasteiger partial charge < -0.3 is 0 Å². The maximum absolute atomic E-state index is 8.36. The molecule has 0 fully saturated rings. The third kappa shape index (κ3) is 3.04. The van der Waals surface area contributed by atoms with Gasteiger partial charge in [-0.15, -0.1) is 0 Å². The minimum atomic E-state index is -2.37. The number of hydrogen-bond donors (Lipinski definition) is 0. The van der Waals surface area contributed by atoms with E-state index in [-0.39, 0.29) is 17.0 Å². The molecule has 2 aromatic rings. The Balaban J connectivity index is 2.79. The highest BCUT2D eigenvalue weighted by Gasteiger charge is 2.15. The summed E-state index contributed by atoms with van der Waals surface area (Å²) in [4.78, 5) is 0. The molecule has 100 valence electrons. The summed E-state index contributed by atoms with van der Waals surface area (Å²) in [6.45, 7) is 3.13. The van der Waals surface area contributed by atoms with Crippen molar-refractivity contribution in [3.63, 3.8) is 0 Å². The van der Waals surface area contributed by atoms with Gasteiger partial charge in [-0.3, -0.25) is 0 Å². The van der Waals surface area contributed by atoms with E-state index in [9.17, 15) is 0 Å². The van der Waals surface area contributed by atoms with Crippen molar-refractivity contribution < 1.29 is 11.4 Å². The molecule has 1 nitrogen and oxygen atoms in total. The monoisotopic (exact) mass is 259 g/mol. The van der Waals surface area contributed by atoms with Gasteiger partial charge in [0.05, 0.1) is 0 Å². The van der Waals surface area contributed by atoms with Crippen molar-refractivity contribution in [2.75, 3.05) is 0 Å². The standard InChI is InChI=1S/C18H24N/c1-13(2)10-16-12-19(5)18(11-15(16)4)17-9-7-6-8-14(17)3/h6-9,11-13H,10H2,1-5H3/q+1/i4D3,10D2. The van der Waals surface area contributed by atoms with E-state index in [1.807, 2.05) is 42.8 Å². The van der Waals surface area contributed by atoms with Crippen LogP contribution >= 0.6 is 0 Å². The molecule has 0 unspecified atom stereocenters. The SMILES string of the molecule is [2H]C([2H])([2H])c1cc(-c2ccccc2C)[n+](C)cc1C([2H])([2H])C(C)C. The first-order valence-electron chi connectivity index (χ1n) is 9.07. The topological polar surface area (TPSA) is 3.88 Å². The molecule has 1 aromatic heterocycles. The minimum absolute atomic E-state index is 0.0811. The molecule has 0 radical (unpaired) electrons. The fourth-order valence-electron chi connectivity index (χ4n) is 2.20. The van der Waals surface area contributed by atoms with Crippen LogP contribution in [0.25, 0.3) is 11.3 Å². The van der Waals surface area contributed by atoms with Crippen molar-refractivity contribution in [1.82, 2.24) is 0 Å². The Labute approximate surface area is 123 Å². The van der Waals surface area contributed by atoms with Gasteiger partial charge in [-0.25, -0.2) is 4.57 Å². The maximum atomic E-state index is 8.36. The highest BCUT2D eigenvalue weighted by Crippen LogP contribution is 2.22. The molecule has 1 aromatic carbocycles. The second kappa shape index (κ2) is 5.56. The van der Waals surface area contributed by atoms with Crippen LogP contribution in [-0.4, -0.2) is 0 Å². The third-order valence-corrected chi connectivity index (χ3v) is 3.14. The van der Waals surface area contributed by atoms with Crippen molar-refractivity contribution in [3.8, 4) is 11.3 Å². The molecule has 0 spiro atoms. The second-order valence-electron chi connectivity index (χ2n) is 5.21. The lowest BCUT2D eigenvalue weighted by atomic mass is 9.97. The van der Waals surface area contributed by atoms with Gasteiger partial charge in [0.25, 0.3) is 0 Å². The number of aryl methyl sites for hydroxylation is 3. The van der Waals surface area contributed by atoms with E-state index < -0.39 is 13.2 Å². The molecule has 0 bridgehead atoms. The van der Waals surface area contributed by atoms with Crippen molar-refractivity contribution in [2.45, 2.75) is 34.0 Å². The number of benzene rings is 1. The summed E-state index contributed by atoms with van der Waals surface area (Å²) >= 11 is 0. The van der Waals surface area contributed by atoms with Crippen LogP contribution in [0.4, 0.5) is 0 Å². The average molecular weight is 259 g/mol. The summed E-state index contributed by atoms with van der Waals surface area (Å²) in [7, 11) is 1.82.